The first-order valence-corrected chi connectivity index (χ1v) is 6.17. The molecule has 2 heterocycles. The molecule has 0 unspecified atom stereocenters. The lowest BCUT2D eigenvalue weighted by Gasteiger charge is -1.95. The van der Waals surface area contributed by atoms with Crippen molar-refractivity contribution < 1.29 is 4.42 Å². The van der Waals surface area contributed by atoms with E-state index in [0.29, 0.717) is 5.02 Å². The minimum Gasteiger partial charge on any atom is -0.466 e. The summed E-state index contributed by atoms with van der Waals surface area (Å²) >= 11 is 6.14. The number of H-pyrrole nitrogens is 1. The normalized spacial score (nSPS) is 11.3. The predicted molar refractivity (Wildman–Crippen MR) is 73.0 cm³/mol. The molecule has 0 radical (unpaired) electrons. The third kappa shape index (κ3) is 1.55. The number of hydrogen-bond acceptors (Lipinski definition) is 2. The summed E-state index contributed by atoms with van der Waals surface area (Å²) in [5.41, 5.74) is 3.88. The van der Waals surface area contributed by atoms with Crippen molar-refractivity contribution in [3.63, 3.8) is 0 Å². The fraction of sp³-hybridized carbons (Fsp3) is 0.214. The SMILES string of the molecule is Cc1oc(C)c(-c2nc3c(Cl)cccc3[nH]2)c1C. The largest absolute Gasteiger partial charge is 0.466 e. The fourth-order valence-corrected chi connectivity index (χ4v) is 2.47. The molecule has 0 saturated heterocycles. The molecular weight excluding hydrogens is 248 g/mol. The highest BCUT2D eigenvalue weighted by molar-refractivity contribution is 6.35. The van der Waals surface area contributed by atoms with Crippen molar-refractivity contribution in [3.8, 4) is 11.4 Å². The van der Waals surface area contributed by atoms with E-state index in [1.807, 2.05) is 39.0 Å². The number of rotatable bonds is 1. The minimum absolute atomic E-state index is 0.658. The van der Waals surface area contributed by atoms with Gasteiger partial charge in [0.15, 0.2) is 0 Å². The number of furan rings is 1. The maximum absolute atomic E-state index is 6.14. The van der Waals surface area contributed by atoms with Crippen molar-refractivity contribution in [2.24, 2.45) is 0 Å². The molecule has 1 N–H and O–H groups in total. The molecule has 0 fully saturated rings. The summed E-state index contributed by atoms with van der Waals surface area (Å²) in [4.78, 5) is 7.86. The van der Waals surface area contributed by atoms with Crippen molar-refractivity contribution >= 4 is 22.6 Å². The Morgan fingerprint density at radius 3 is 2.56 bits per heavy atom. The maximum atomic E-state index is 6.14. The van der Waals surface area contributed by atoms with E-state index in [9.17, 15) is 0 Å². The molecule has 1 aromatic carbocycles. The number of nitrogens with zero attached hydrogens (tertiary/aromatic N) is 1. The summed E-state index contributed by atoms with van der Waals surface area (Å²) < 4.78 is 5.63. The number of para-hydroxylation sites is 1. The highest BCUT2D eigenvalue weighted by atomic mass is 35.5. The quantitative estimate of drug-likeness (QED) is 0.704. The molecule has 3 rings (SSSR count). The van der Waals surface area contributed by atoms with E-state index >= 15 is 0 Å². The summed E-state index contributed by atoms with van der Waals surface area (Å²) in [7, 11) is 0. The zero-order valence-corrected chi connectivity index (χ0v) is 11.2. The number of nitrogens with one attached hydrogen (secondary N) is 1. The molecule has 0 bridgehead atoms. The van der Waals surface area contributed by atoms with Gasteiger partial charge in [-0.3, -0.25) is 0 Å². The Morgan fingerprint density at radius 1 is 1.17 bits per heavy atom. The Bertz CT molecular complexity index is 740. The number of imidazole rings is 1. The zero-order valence-electron chi connectivity index (χ0n) is 10.5. The highest BCUT2D eigenvalue weighted by Gasteiger charge is 2.17. The average molecular weight is 261 g/mol. The third-order valence-corrected chi connectivity index (χ3v) is 3.57. The van der Waals surface area contributed by atoms with Gasteiger partial charge in [0.05, 0.1) is 16.1 Å². The number of fused-ring (bicyclic) bond motifs is 1. The van der Waals surface area contributed by atoms with Gasteiger partial charge in [-0.05, 0) is 32.9 Å². The lowest BCUT2D eigenvalue weighted by molar-refractivity contribution is 0.503. The van der Waals surface area contributed by atoms with E-state index < -0.39 is 0 Å². The Hall–Kier alpha value is -1.74. The first-order chi connectivity index (χ1) is 8.58. The summed E-state index contributed by atoms with van der Waals surface area (Å²) in [5.74, 6) is 2.61. The zero-order chi connectivity index (χ0) is 12.9. The fourth-order valence-electron chi connectivity index (χ4n) is 2.26. The second kappa shape index (κ2) is 3.89. The van der Waals surface area contributed by atoms with Crippen LogP contribution in [0.4, 0.5) is 0 Å². The van der Waals surface area contributed by atoms with E-state index in [4.69, 9.17) is 16.0 Å². The van der Waals surface area contributed by atoms with Crippen molar-refractivity contribution in [3.05, 3.63) is 40.3 Å². The van der Waals surface area contributed by atoms with Crippen molar-refractivity contribution in [2.75, 3.05) is 0 Å². The van der Waals surface area contributed by atoms with Gasteiger partial charge in [0.2, 0.25) is 0 Å². The van der Waals surface area contributed by atoms with Gasteiger partial charge in [-0.25, -0.2) is 4.98 Å². The average Bonchev–Trinajstić information content (AvgIpc) is 2.83. The second-order valence-electron chi connectivity index (χ2n) is 4.44. The lowest BCUT2D eigenvalue weighted by atomic mass is 10.1. The van der Waals surface area contributed by atoms with Crippen LogP contribution in [-0.2, 0) is 0 Å². The number of hydrogen-bond donors (Lipinski definition) is 1. The number of aromatic nitrogens is 2. The van der Waals surface area contributed by atoms with Crippen LogP contribution < -0.4 is 0 Å². The maximum Gasteiger partial charge on any atom is 0.142 e. The Balaban J connectivity index is 2.29. The number of benzene rings is 1. The standard InChI is InChI=1S/C14H13ClN2O/c1-7-8(2)18-9(3)12(7)14-16-11-6-4-5-10(15)13(11)17-14/h4-6H,1-3H3,(H,16,17). The van der Waals surface area contributed by atoms with Crippen LogP contribution in [0.5, 0.6) is 0 Å². The van der Waals surface area contributed by atoms with Gasteiger partial charge in [0.1, 0.15) is 22.9 Å². The molecule has 92 valence electrons. The van der Waals surface area contributed by atoms with Gasteiger partial charge in [0, 0.05) is 5.56 Å². The van der Waals surface area contributed by atoms with E-state index in [0.717, 1.165) is 39.5 Å². The van der Waals surface area contributed by atoms with E-state index in [1.54, 1.807) is 0 Å². The summed E-state index contributed by atoms with van der Waals surface area (Å²) in [6.07, 6.45) is 0. The van der Waals surface area contributed by atoms with Crippen LogP contribution in [0.15, 0.2) is 22.6 Å². The summed E-state index contributed by atoms with van der Waals surface area (Å²) in [6.45, 7) is 5.95. The van der Waals surface area contributed by atoms with Crippen molar-refractivity contribution in [2.45, 2.75) is 20.8 Å². The van der Waals surface area contributed by atoms with Gasteiger partial charge in [-0.2, -0.15) is 0 Å². The number of aromatic amines is 1. The molecule has 3 nitrogen and oxygen atoms in total. The monoisotopic (exact) mass is 260 g/mol. The molecule has 0 aliphatic heterocycles. The van der Waals surface area contributed by atoms with E-state index in [1.165, 1.54) is 0 Å². The van der Waals surface area contributed by atoms with Crippen LogP contribution in [0.1, 0.15) is 17.1 Å². The van der Waals surface area contributed by atoms with Crippen LogP contribution in [0.3, 0.4) is 0 Å². The molecule has 0 aliphatic carbocycles. The van der Waals surface area contributed by atoms with Gasteiger partial charge >= 0.3 is 0 Å². The van der Waals surface area contributed by atoms with Crippen LogP contribution in [-0.4, -0.2) is 9.97 Å². The molecule has 0 saturated carbocycles. The van der Waals surface area contributed by atoms with E-state index in [-0.39, 0.29) is 0 Å². The van der Waals surface area contributed by atoms with Crippen LogP contribution >= 0.6 is 11.6 Å². The molecule has 18 heavy (non-hydrogen) atoms. The second-order valence-corrected chi connectivity index (χ2v) is 4.84. The molecular formula is C14H13ClN2O. The van der Waals surface area contributed by atoms with Crippen molar-refractivity contribution in [1.82, 2.24) is 9.97 Å². The van der Waals surface area contributed by atoms with Gasteiger partial charge in [-0.1, -0.05) is 17.7 Å². The third-order valence-electron chi connectivity index (χ3n) is 3.26. The first kappa shape index (κ1) is 11.4. The van der Waals surface area contributed by atoms with E-state index in [2.05, 4.69) is 9.97 Å². The van der Waals surface area contributed by atoms with Crippen molar-refractivity contribution in [1.29, 1.82) is 0 Å². The van der Waals surface area contributed by atoms with Crippen LogP contribution in [0, 0.1) is 20.8 Å². The van der Waals surface area contributed by atoms with Gasteiger partial charge in [0.25, 0.3) is 0 Å². The number of halogens is 1. The first-order valence-electron chi connectivity index (χ1n) is 5.79. The Morgan fingerprint density at radius 2 is 1.94 bits per heavy atom. The smallest absolute Gasteiger partial charge is 0.142 e. The van der Waals surface area contributed by atoms with Gasteiger partial charge in [-0.15, -0.1) is 0 Å². The molecule has 4 heteroatoms. The lowest BCUT2D eigenvalue weighted by Crippen LogP contribution is -1.83. The molecule has 0 amide bonds. The molecule has 2 aromatic heterocycles. The Kier molecular flexibility index (Phi) is 2.45. The van der Waals surface area contributed by atoms with Crippen LogP contribution in [0.25, 0.3) is 22.4 Å². The predicted octanol–water partition coefficient (Wildman–Crippen LogP) is 4.40. The highest BCUT2D eigenvalue weighted by Crippen LogP contribution is 2.32. The Labute approximate surface area is 110 Å². The van der Waals surface area contributed by atoms with Crippen LogP contribution in [0.2, 0.25) is 5.02 Å². The summed E-state index contributed by atoms with van der Waals surface area (Å²) in [6, 6.07) is 5.72. The molecule has 0 atom stereocenters. The molecule has 0 spiro atoms. The topological polar surface area (TPSA) is 41.8 Å². The molecule has 0 aliphatic rings. The number of aryl methyl sites for hydroxylation is 2. The van der Waals surface area contributed by atoms with Gasteiger partial charge < -0.3 is 9.40 Å². The minimum atomic E-state index is 0.658. The molecule has 3 aromatic rings. The summed E-state index contributed by atoms with van der Waals surface area (Å²) in [5, 5.41) is 0.658.